The van der Waals surface area contributed by atoms with Gasteiger partial charge in [-0.1, -0.05) is 30.3 Å². The van der Waals surface area contributed by atoms with Gasteiger partial charge in [-0.2, -0.15) is 13.2 Å². The molecule has 4 aromatic rings. The smallest absolute Gasteiger partial charge is 0.416 e. The minimum atomic E-state index is -4.47. The van der Waals surface area contributed by atoms with Gasteiger partial charge in [-0.25, -0.2) is 4.39 Å². The minimum absolute atomic E-state index is 0.0267. The van der Waals surface area contributed by atoms with Crippen LogP contribution in [0.5, 0.6) is 11.5 Å². The van der Waals surface area contributed by atoms with Gasteiger partial charge in [-0.05, 0) is 65.2 Å². The van der Waals surface area contributed by atoms with Crippen molar-refractivity contribution in [3.63, 3.8) is 0 Å². The van der Waals surface area contributed by atoms with Gasteiger partial charge >= 0.3 is 6.18 Å². The molecule has 210 valence electrons. The van der Waals surface area contributed by atoms with Crippen molar-refractivity contribution in [2.24, 2.45) is 0 Å². The fourth-order valence-electron chi connectivity index (χ4n) is 4.23. The van der Waals surface area contributed by atoms with E-state index in [-0.39, 0.29) is 18.1 Å². The van der Waals surface area contributed by atoms with E-state index in [4.69, 9.17) is 13.9 Å². The lowest BCUT2D eigenvalue weighted by Crippen LogP contribution is -2.23. The number of carbonyl (C=O) groups excluding carboxylic acids is 1. The summed E-state index contributed by atoms with van der Waals surface area (Å²) in [5.41, 5.74) is 1.20. The highest BCUT2D eigenvalue weighted by Gasteiger charge is 2.30. The monoisotopic (exact) mass is 556 g/mol. The maximum Gasteiger partial charge on any atom is 0.416 e. The highest BCUT2D eigenvalue weighted by molar-refractivity contribution is 5.91. The molecule has 1 aromatic heterocycles. The van der Waals surface area contributed by atoms with Gasteiger partial charge in [0.1, 0.15) is 11.6 Å². The molecule has 0 aliphatic rings. The summed E-state index contributed by atoms with van der Waals surface area (Å²) in [7, 11) is 3.10. The summed E-state index contributed by atoms with van der Waals surface area (Å²) in [6.07, 6.45) is -4.47. The first kappa shape index (κ1) is 28.7. The zero-order valence-corrected chi connectivity index (χ0v) is 21.9. The summed E-state index contributed by atoms with van der Waals surface area (Å²) < 4.78 is 69.2. The second kappa shape index (κ2) is 12.7. The third-order valence-corrected chi connectivity index (χ3v) is 6.12. The quantitative estimate of drug-likeness (QED) is 0.211. The van der Waals surface area contributed by atoms with Crippen molar-refractivity contribution in [2.45, 2.75) is 32.4 Å². The summed E-state index contributed by atoms with van der Waals surface area (Å²) >= 11 is 0. The largest absolute Gasteiger partial charge is 0.493 e. The Morgan fingerprint density at radius 2 is 1.52 bits per heavy atom. The fourth-order valence-corrected chi connectivity index (χ4v) is 4.23. The van der Waals surface area contributed by atoms with Crippen LogP contribution in [0, 0.1) is 5.82 Å². The average Bonchev–Trinajstić information content (AvgIpc) is 3.40. The van der Waals surface area contributed by atoms with E-state index in [2.05, 4.69) is 5.32 Å². The van der Waals surface area contributed by atoms with Crippen LogP contribution in [-0.4, -0.2) is 25.0 Å². The molecule has 1 N–H and O–H groups in total. The number of halogens is 4. The second-order valence-electron chi connectivity index (χ2n) is 9.11. The normalized spacial score (nSPS) is 11.5. The zero-order chi connectivity index (χ0) is 28.7. The third kappa shape index (κ3) is 7.63. The van der Waals surface area contributed by atoms with Crippen LogP contribution in [0.25, 0.3) is 0 Å². The van der Waals surface area contributed by atoms with Crippen LogP contribution in [0.4, 0.5) is 17.6 Å². The fraction of sp³-hybridized carbons (Fsp3) is 0.233. The number of carbonyl (C=O) groups is 1. The molecular formula is C30H28F4N2O4. The highest BCUT2D eigenvalue weighted by Crippen LogP contribution is 2.30. The van der Waals surface area contributed by atoms with Gasteiger partial charge in [-0.3, -0.25) is 9.69 Å². The molecule has 0 saturated carbocycles. The Hall–Kier alpha value is -4.31. The first-order valence-corrected chi connectivity index (χ1v) is 12.4. The van der Waals surface area contributed by atoms with Gasteiger partial charge in [0.25, 0.3) is 5.91 Å². The first-order valence-electron chi connectivity index (χ1n) is 12.4. The molecule has 0 fully saturated rings. The number of methoxy groups -OCH3 is 2. The average molecular weight is 557 g/mol. The third-order valence-electron chi connectivity index (χ3n) is 6.12. The number of rotatable bonds is 11. The van der Waals surface area contributed by atoms with E-state index < -0.39 is 17.6 Å². The zero-order valence-electron chi connectivity index (χ0n) is 21.9. The summed E-state index contributed by atoms with van der Waals surface area (Å²) in [5, 5.41) is 2.59. The van der Waals surface area contributed by atoms with Crippen LogP contribution in [0.15, 0.2) is 83.3 Å². The lowest BCUT2D eigenvalue weighted by atomic mass is 10.1. The molecule has 10 heteroatoms. The summed E-state index contributed by atoms with van der Waals surface area (Å²) in [5.74, 6) is 0.777. The van der Waals surface area contributed by atoms with Crippen molar-refractivity contribution in [2.75, 3.05) is 14.2 Å². The second-order valence-corrected chi connectivity index (χ2v) is 9.11. The van der Waals surface area contributed by atoms with E-state index in [1.165, 1.54) is 30.3 Å². The Morgan fingerprint density at radius 3 is 2.23 bits per heavy atom. The molecule has 40 heavy (non-hydrogen) atoms. The van der Waals surface area contributed by atoms with Crippen molar-refractivity contribution in [3.05, 3.63) is 118 Å². The first-order chi connectivity index (χ1) is 19.1. The maximum absolute atomic E-state index is 13.9. The van der Waals surface area contributed by atoms with Gasteiger partial charge in [0.15, 0.2) is 17.3 Å². The Morgan fingerprint density at radius 1 is 0.825 bits per heavy atom. The Kier molecular flexibility index (Phi) is 9.11. The number of amides is 1. The number of benzene rings is 3. The Balaban J connectivity index is 1.46. The molecule has 1 amide bonds. The lowest BCUT2D eigenvalue weighted by Gasteiger charge is -2.22. The SMILES string of the molecule is COc1ccc(CN(Cc2cccc(F)c2)Cc2ccc(C(=O)NCc3cccc(C(F)(F)F)c3)o2)cc1OC. The molecule has 1 heterocycles. The molecule has 6 nitrogen and oxygen atoms in total. The molecule has 0 bridgehead atoms. The van der Waals surface area contributed by atoms with Gasteiger partial charge in [0.2, 0.25) is 0 Å². The van der Waals surface area contributed by atoms with E-state index in [0.717, 1.165) is 23.3 Å². The molecule has 0 atom stereocenters. The van der Waals surface area contributed by atoms with E-state index in [0.29, 0.717) is 42.5 Å². The molecule has 4 rings (SSSR count). The number of nitrogens with one attached hydrogen (secondary N) is 1. The van der Waals surface area contributed by atoms with E-state index in [1.54, 1.807) is 32.4 Å². The van der Waals surface area contributed by atoms with Crippen molar-refractivity contribution in [3.8, 4) is 11.5 Å². The minimum Gasteiger partial charge on any atom is -0.493 e. The van der Waals surface area contributed by atoms with Gasteiger partial charge in [0, 0.05) is 19.6 Å². The topological polar surface area (TPSA) is 63.9 Å². The molecule has 0 spiro atoms. The lowest BCUT2D eigenvalue weighted by molar-refractivity contribution is -0.137. The van der Waals surface area contributed by atoms with Crippen molar-refractivity contribution >= 4 is 5.91 Å². The van der Waals surface area contributed by atoms with Crippen LogP contribution in [0.3, 0.4) is 0 Å². The van der Waals surface area contributed by atoms with Crippen LogP contribution in [0.2, 0.25) is 0 Å². The van der Waals surface area contributed by atoms with Crippen LogP contribution in [0.1, 0.15) is 38.6 Å². The van der Waals surface area contributed by atoms with E-state index in [1.807, 2.05) is 23.1 Å². The Labute approximate surface area is 229 Å². The standard InChI is InChI=1S/C30H28F4N2O4/c1-38-26-11-9-22(15-28(26)39-2)18-36(17-21-6-4-8-24(31)14-21)19-25-10-12-27(40-25)29(37)35-16-20-5-3-7-23(13-20)30(32,33)34/h3-15H,16-19H2,1-2H3,(H,35,37). The highest BCUT2D eigenvalue weighted by atomic mass is 19.4. The number of alkyl halides is 3. The van der Waals surface area contributed by atoms with Crippen LogP contribution in [-0.2, 0) is 32.4 Å². The number of furan rings is 1. The van der Waals surface area contributed by atoms with E-state index in [9.17, 15) is 22.4 Å². The van der Waals surface area contributed by atoms with Crippen LogP contribution >= 0.6 is 0 Å². The van der Waals surface area contributed by atoms with Crippen molar-refractivity contribution in [1.29, 1.82) is 0 Å². The molecule has 0 aliphatic carbocycles. The number of ether oxygens (including phenoxy) is 2. The predicted octanol–water partition coefficient (Wildman–Crippen LogP) is 6.59. The van der Waals surface area contributed by atoms with E-state index >= 15 is 0 Å². The summed E-state index contributed by atoms with van der Waals surface area (Å²) in [6, 6.07) is 19.8. The molecule has 0 unspecified atom stereocenters. The number of hydrogen-bond donors (Lipinski definition) is 1. The van der Waals surface area contributed by atoms with Gasteiger partial charge in [0.05, 0.1) is 26.3 Å². The predicted molar refractivity (Wildman–Crippen MR) is 140 cm³/mol. The molecule has 3 aromatic carbocycles. The Bertz CT molecular complexity index is 1450. The molecular weight excluding hydrogens is 528 g/mol. The number of nitrogens with zero attached hydrogens (tertiary/aromatic N) is 1. The van der Waals surface area contributed by atoms with Gasteiger partial charge < -0.3 is 19.2 Å². The number of hydrogen-bond acceptors (Lipinski definition) is 5. The van der Waals surface area contributed by atoms with Crippen molar-refractivity contribution < 1.29 is 36.2 Å². The maximum atomic E-state index is 13.9. The van der Waals surface area contributed by atoms with Crippen LogP contribution < -0.4 is 14.8 Å². The molecule has 0 saturated heterocycles. The summed E-state index contributed by atoms with van der Waals surface area (Å²) in [4.78, 5) is 14.7. The molecule has 0 aliphatic heterocycles. The molecule has 0 radical (unpaired) electrons. The van der Waals surface area contributed by atoms with Crippen molar-refractivity contribution in [1.82, 2.24) is 10.2 Å². The van der Waals surface area contributed by atoms with Gasteiger partial charge in [-0.15, -0.1) is 0 Å². The summed E-state index contributed by atoms with van der Waals surface area (Å²) in [6.45, 7) is 1.05.